The number of hydrogen-bond donors (Lipinski definition) is 2. The van der Waals surface area contributed by atoms with Crippen LogP contribution in [0.1, 0.15) is 40.0 Å². The second-order valence-electron chi connectivity index (χ2n) is 6.05. The van der Waals surface area contributed by atoms with Crippen LogP contribution in [0.3, 0.4) is 0 Å². The molecule has 0 radical (unpaired) electrons. The smallest absolute Gasteiger partial charge is 0.410 e. The maximum Gasteiger partial charge on any atom is 0.410 e. The fraction of sp³-hybridized carbons (Fsp3) is 0.846. The highest BCUT2D eigenvalue weighted by molar-refractivity contribution is 5.74. The number of carboxylic acid groups (broad SMARTS) is 1. The second-order valence-corrected chi connectivity index (χ2v) is 6.05. The van der Waals surface area contributed by atoms with Crippen LogP contribution in [0.2, 0.25) is 0 Å². The maximum absolute atomic E-state index is 12.0. The summed E-state index contributed by atoms with van der Waals surface area (Å²) in [6, 6.07) is -0.928. The van der Waals surface area contributed by atoms with E-state index in [1.54, 1.807) is 4.90 Å². The molecule has 0 aromatic heterocycles. The summed E-state index contributed by atoms with van der Waals surface area (Å²) in [6.45, 7) is 6.37. The minimum absolute atomic E-state index is 0.215. The number of ether oxygens (including phenoxy) is 1. The van der Waals surface area contributed by atoms with Gasteiger partial charge < -0.3 is 20.5 Å². The van der Waals surface area contributed by atoms with Crippen LogP contribution in [0, 0.1) is 5.92 Å². The Hall–Kier alpha value is -1.30. The van der Waals surface area contributed by atoms with Gasteiger partial charge in [-0.3, -0.25) is 4.79 Å². The summed E-state index contributed by atoms with van der Waals surface area (Å²) < 4.78 is 5.32. The Morgan fingerprint density at radius 2 is 2.00 bits per heavy atom. The number of carboxylic acids is 1. The van der Waals surface area contributed by atoms with Gasteiger partial charge >= 0.3 is 12.1 Å². The SMILES string of the molecule is CC(C)(C)OC(=O)N1CCCCC(C(N)C(=O)O)C1. The molecule has 6 nitrogen and oxygen atoms in total. The summed E-state index contributed by atoms with van der Waals surface area (Å²) in [7, 11) is 0. The van der Waals surface area contributed by atoms with Crippen molar-refractivity contribution in [1.82, 2.24) is 4.90 Å². The van der Waals surface area contributed by atoms with Gasteiger partial charge in [-0.1, -0.05) is 6.42 Å². The Morgan fingerprint density at radius 3 is 2.53 bits per heavy atom. The third-order valence-electron chi connectivity index (χ3n) is 3.15. The summed E-state index contributed by atoms with van der Waals surface area (Å²) in [4.78, 5) is 24.6. The van der Waals surface area contributed by atoms with Gasteiger partial charge in [-0.2, -0.15) is 0 Å². The fourth-order valence-electron chi connectivity index (χ4n) is 2.16. The first-order valence-corrected chi connectivity index (χ1v) is 6.67. The molecule has 0 aromatic rings. The summed E-state index contributed by atoms with van der Waals surface area (Å²) in [5, 5.41) is 8.98. The summed E-state index contributed by atoms with van der Waals surface area (Å²) in [5.74, 6) is -1.23. The zero-order valence-electron chi connectivity index (χ0n) is 11.9. The van der Waals surface area contributed by atoms with Gasteiger partial charge in [0.2, 0.25) is 0 Å². The predicted octanol–water partition coefficient (Wildman–Crippen LogP) is 1.44. The van der Waals surface area contributed by atoms with Gasteiger partial charge in [0.1, 0.15) is 11.6 Å². The average molecular weight is 272 g/mol. The Morgan fingerprint density at radius 1 is 1.37 bits per heavy atom. The van der Waals surface area contributed by atoms with E-state index in [0.717, 1.165) is 19.3 Å². The van der Waals surface area contributed by atoms with Crippen LogP contribution in [0.15, 0.2) is 0 Å². The van der Waals surface area contributed by atoms with E-state index in [1.807, 2.05) is 20.8 Å². The van der Waals surface area contributed by atoms with Crippen LogP contribution < -0.4 is 5.73 Å². The molecular formula is C13H24N2O4. The van der Waals surface area contributed by atoms with Crippen molar-refractivity contribution in [3.05, 3.63) is 0 Å². The lowest BCUT2D eigenvalue weighted by Crippen LogP contribution is -2.45. The van der Waals surface area contributed by atoms with Crippen LogP contribution >= 0.6 is 0 Å². The van der Waals surface area contributed by atoms with Crippen molar-refractivity contribution in [3.63, 3.8) is 0 Å². The Bertz CT molecular complexity index is 338. The van der Waals surface area contributed by atoms with Crippen molar-refractivity contribution in [2.24, 2.45) is 11.7 Å². The normalized spacial score (nSPS) is 22.5. The molecule has 2 unspecified atom stereocenters. The summed E-state index contributed by atoms with van der Waals surface area (Å²) in [5.41, 5.74) is 5.12. The van der Waals surface area contributed by atoms with Gasteiger partial charge in [0.25, 0.3) is 0 Å². The molecule has 19 heavy (non-hydrogen) atoms. The van der Waals surface area contributed by atoms with Gasteiger partial charge in [0.05, 0.1) is 0 Å². The fourth-order valence-corrected chi connectivity index (χ4v) is 2.16. The van der Waals surface area contributed by atoms with E-state index in [1.165, 1.54) is 0 Å². The first-order valence-electron chi connectivity index (χ1n) is 6.67. The highest BCUT2D eigenvalue weighted by Crippen LogP contribution is 2.21. The van der Waals surface area contributed by atoms with Gasteiger partial charge in [0, 0.05) is 19.0 Å². The maximum atomic E-state index is 12.0. The molecule has 1 rings (SSSR count). The van der Waals surface area contributed by atoms with Crippen molar-refractivity contribution in [3.8, 4) is 0 Å². The molecule has 1 aliphatic rings. The van der Waals surface area contributed by atoms with Crippen LogP contribution in [0.5, 0.6) is 0 Å². The number of likely N-dealkylation sites (tertiary alicyclic amines) is 1. The zero-order chi connectivity index (χ0) is 14.6. The molecule has 110 valence electrons. The summed E-state index contributed by atoms with van der Waals surface area (Å²) in [6.07, 6.45) is 2.07. The first kappa shape index (κ1) is 15.8. The highest BCUT2D eigenvalue weighted by atomic mass is 16.6. The van der Waals surface area contributed by atoms with E-state index in [2.05, 4.69) is 0 Å². The third kappa shape index (κ3) is 5.06. The van der Waals surface area contributed by atoms with Crippen LogP contribution in [0.25, 0.3) is 0 Å². The van der Waals surface area contributed by atoms with E-state index in [4.69, 9.17) is 15.6 Å². The molecule has 0 saturated carbocycles. The van der Waals surface area contributed by atoms with Crippen LogP contribution in [-0.2, 0) is 9.53 Å². The lowest BCUT2D eigenvalue weighted by Gasteiger charge is -2.29. The third-order valence-corrected chi connectivity index (χ3v) is 3.15. The van der Waals surface area contributed by atoms with E-state index >= 15 is 0 Å². The Labute approximate surface area is 113 Å². The average Bonchev–Trinajstić information content (AvgIpc) is 2.50. The lowest BCUT2D eigenvalue weighted by molar-refractivity contribution is -0.140. The van der Waals surface area contributed by atoms with Gasteiger partial charge in [-0.05, 0) is 33.6 Å². The molecular weight excluding hydrogens is 248 g/mol. The molecule has 0 bridgehead atoms. The number of nitrogens with two attached hydrogens (primary N) is 1. The number of nitrogens with zero attached hydrogens (tertiary/aromatic N) is 1. The monoisotopic (exact) mass is 272 g/mol. The molecule has 0 aliphatic carbocycles. The molecule has 3 N–H and O–H groups in total. The van der Waals surface area contributed by atoms with Gasteiger partial charge in [-0.25, -0.2) is 4.79 Å². The number of rotatable bonds is 2. The largest absolute Gasteiger partial charge is 0.480 e. The topological polar surface area (TPSA) is 92.9 Å². The molecule has 1 heterocycles. The van der Waals surface area contributed by atoms with Crippen LogP contribution in [0.4, 0.5) is 4.79 Å². The molecule has 2 atom stereocenters. The van der Waals surface area contributed by atoms with Gasteiger partial charge in [-0.15, -0.1) is 0 Å². The van der Waals surface area contributed by atoms with Crippen molar-refractivity contribution in [1.29, 1.82) is 0 Å². The Kier molecular flexibility index (Phi) is 5.17. The van der Waals surface area contributed by atoms with E-state index < -0.39 is 23.7 Å². The number of hydrogen-bond acceptors (Lipinski definition) is 4. The molecule has 1 fully saturated rings. The van der Waals surface area contributed by atoms with E-state index in [0.29, 0.717) is 13.1 Å². The summed E-state index contributed by atoms with van der Waals surface area (Å²) >= 11 is 0. The number of amides is 1. The predicted molar refractivity (Wildman–Crippen MR) is 70.8 cm³/mol. The number of carbonyl (C=O) groups excluding carboxylic acids is 1. The van der Waals surface area contributed by atoms with E-state index in [9.17, 15) is 9.59 Å². The molecule has 0 spiro atoms. The molecule has 1 amide bonds. The molecule has 6 heteroatoms. The van der Waals surface area contributed by atoms with E-state index in [-0.39, 0.29) is 5.92 Å². The van der Waals surface area contributed by atoms with Crippen LogP contribution in [-0.4, -0.2) is 46.8 Å². The molecule has 0 aromatic carbocycles. The number of aliphatic carboxylic acids is 1. The second kappa shape index (κ2) is 6.23. The Balaban J connectivity index is 2.68. The zero-order valence-corrected chi connectivity index (χ0v) is 11.9. The minimum atomic E-state index is -1.02. The first-order chi connectivity index (χ1) is 8.70. The van der Waals surface area contributed by atoms with Crippen molar-refractivity contribution >= 4 is 12.1 Å². The molecule has 1 aliphatic heterocycles. The molecule has 1 saturated heterocycles. The minimum Gasteiger partial charge on any atom is -0.480 e. The quantitative estimate of drug-likeness (QED) is 0.793. The van der Waals surface area contributed by atoms with Crippen molar-refractivity contribution < 1.29 is 19.4 Å². The highest BCUT2D eigenvalue weighted by Gasteiger charge is 2.31. The van der Waals surface area contributed by atoms with Crippen molar-refractivity contribution in [2.75, 3.05) is 13.1 Å². The lowest BCUT2D eigenvalue weighted by atomic mass is 9.95. The van der Waals surface area contributed by atoms with Crippen molar-refractivity contribution in [2.45, 2.75) is 51.7 Å². The van der Waals surface area contributed by atoms with Gasteiger partial charge in [0.15, 0.2) is 0 Å². The standard InChI is InChI=1S/C13H24N2O4/c1-13(2,3)19-12(18)15-7-5-4-6-9(8-15)10(14)11(16)17/h9-10H,4-8,14H2,1-3H3,(H,16,17). The number of carbonyl (C=O) groups is 2.